The Labute approximate surface area is 175 Å². The number of carbonyl (C=O) groups is 1. The molecule has 0 aliphatic heterocycles. The molecule has 1 aromatic heterocycles. The second-order valence-corrected chi connectivity index (χ2v) is 8.08. The van der Waals surface area contributed by atoms with Gasteiger partial charge in [0.2, 0.25) is 5.91 Å². The highest BCUT2D eigenvalue weighted by molar-refractivity contribution is 7.92. The van der Waals surface area contributed by atoms with Gasteiger partial charge in [-0.2, -0.15) is 0 Å². The van der Waals surface area contributed by atoms with Crippen molar-refractivity contribution in [3.05, 3.63) is 72.7 Å². The maximum absolute atomic E-state index is 13.4. The zero-order valence-corrected chi connectivity index (χ0v) is 17.4. The van der Waals surface area contributed by atoms with E-state index in [1.165, 1.54) is 38.7 Å². The highest BCUT2D eigenvalue weighted by Gasteiger charge is 2.29. The van der Waals surface area contributed by atoms with Crippen LogP contribution in [0.1, 0.15) is 5.76 Å². The molecule has 0 aliphatic carbocycles. The molecule has 9 heteroatoms. The lowest BCUT2D eigenvalue weighted by atomic mass is 10.2. The summed E-state index contributed by atoms with van der Waals surface area (Å²) in [4.78, 5) is 12.7. The first-order chi connectivity index (χ1) is 14.5. The Morgan fingerprint density at radius 2 is 1.80 bits per heavy atom. The summed E-state index contributed by atoms with van der Waals surface area (Å²) >= 11 is 0. The molecule has 0 bridgehead atoms. The van der Waals surface area contributed by atoms with Crippen molar-refractivity contribution >= 4 is 21.6 Å². The molecule has 0 saturated carbocycles. The van der Waals surface area contributed by atoms with Crippen LogP contribution in [-0.4, -0.2) is 35.1 Å². The van der Waals surface area contributed by atoms with Gasteiger partial charge in [0.05, 0.1) is 37.6 Å². The zero-order chi connectivity index (χ0) is 21.6. The van der Waals surface area contributed by atoms with Gasteiger partial charge in [-0.15, -0.1) is 0 Å². The van der Waals surface area contributed by atoms with E-state index in [9.17, 15) is 13.2 Å². The van der Waals surface area contributed by atoms with Crippen molar-refractivity contribution in [3.63, 3.8) is 0 Å². The van der Waals surface area contributed by atoms with Gasteiger partial charge in [-0.25, -0.2) is 8.42 Å². The normalized spacial score (nSPS) is 11.0. The Morgan fingerprint density at radius 1 is 1.03 bits per heavy atom. The third-order valence-electron chi connectivity index (χ3n) is 4.31. The van der Waals surface area contributed by atoms with E-state index in [4.69, 9.17) is 13.9 Å². The first kappa shape index (κ1) is 21.3. The lowest BCUT2D eigenvalue weighted by Gasteiger charge is -2.26. The van der Waals surface area contributed by atoms with Gasteiger partial charge in [-0.05, 0) is 36.4 Å². The van der Waals surface area contributed by atoms with Crippen molar-refractivity contribution in [1.29, 1.82) is 0 Å². The predicted molar refractivity (Wildman–Crippen MR) is 111 cm³/mol. The molecule has 0 saturated heterocycles. The molecule has 0 spiro atoms. The summed E-state index contributed by atoms with van der Waals surface area (Å²) < 4.78 is 43.5. The van der Waals surface area contributed by atoms with Crippen LogP contribution in [-0.2, 0) is 21.4 Å². The number of nitrogens with zero attached hydrogens (tertiary/aromatic N) is 1. The monoisotopic (exact) mass is 430 g/mol. The van der Waals surface area contributed by atoms with Crippen LogP contribution in [0.3, 0.4) is 0 Å². The number of hydrogen-bond acceptors (Lipinski definition) is 6. The van der Waals surface area contributed by atoms with Crippen LogP contribution >= 0.6 is 0 Å². The van der Waals surface area contributed by atoms with Crippen LogP contribution in [0.2, 0.25) is 0 Å². The Morgan fingerprint density at radius 3 is 2.43 bits per heavy atom. The number of anilines is 1. The molecule has 1 amide bonds. The fraction of sp³-hybridized carbons (Fsp3) is 0.190. The number of benzene rings is 2. The minimum atomic E-state index is -4.05. The SMILES string of the molecule is COc1ccc(N(CC(=O)NCc2ccco2)S(=O)(=O)c2ccccc2)c(OC)c1. The summed E-state index contributed by atoms with van der Waals surface area (Å²) in [6, 6.07) is 16.0. The third kappa shape index (κ3) is 4.74. The molecule has 0 unspecified atom stereocenters. The summed E-state index contributed by atoms with van der Waals surface area (Å²) in [6.07, 6.45) is 1.50. The molecule has 2 aromatic carbocycles. The molecule has 158 valence electrons. The van der Waals surface area contributed by atoms with Gasteiger partial charge in [0, 0.05) is 6.07 Å². The lowest BCUT2D eigenvalue weighted by molar-refractivity contribution is -0.119. The summed E-state index contributed by atoms with van der Waals surface area (Å²) in [6.45, 7) is -0.300. The van der Waals surface area contributed by atoms with Gasteiger partial charge in [0.15, 0.2) is 0 Å². The minimum Gasteiger partial charge on any atom is -0.497 e. The second-order valence-electron chi connectivity index (χ2n) is 6.22. The molecule has 0 radical (unpaired) electrons. The maximum atomic E-state index is 13.4. The third-order valence-corrected chi connectivity index (χ3v) is 6.09. The van der Waals surface area contributed by atoms with Crippen LogP contribution in [0.4, 0.5) is 5.69 Å². The van der Waals surface area contributed by atoms with Gasteiger partial charge in [-0.3, -0.25) is 9.10 Å². The molecule has 30 heavy (non-hydrogen) atoms. The molecule has 1 heterocycles. The number of methoxy groups -OCH3 is 2. The molecular weight excluding hydrogens is 408 g/mol. The van der Waals surface area contributed by atoms with Crippen LogP contribution in [0, 0.1) is 0 Å². The summed E-state index contributed by atoms with van der Waals surface area (Å²) in [5.41, 5.74) is 0.218. The number of rotatable bonds is 9. The zero-order valence-electron chi connectivity index (χ0n) is 16.6. The number of furan rings is 1. The predicted octanol–water partition coefficient (Wildman–Crippen LogP) is 2.81. The van der Waals surface area contributed by atoms with E-state index in [0.29, 0.717) is 11.5 Å². The number of amides is 1. The largest absolute Gasteiger partial charge is 0.497 e. The van der Waals surface area contributed by atoms with E-state index in [1.807, 2.05) is 0 Å². The minimum absolute atomic E-state index is 0.0571. The molecule has 0 atom stereocenters. The van der Waals surface area contributed by atoms with Gasteiger partial charge < -0.3 is 19.2 Å². The summed E-state index contributed by atoms with van der Waals surface area (Å²) in [5.74, 6) is 0.814. The molecule has 0 fully saturated rings. The van der Waals surface area contributed by atoms with Gasteiger partial charge in [0.25, 0.3) is 10.0 Å². The first-order valence-corrected chi connectivity index (χ1v) is 10.5. The van der Waals surface area contributed by atoms with E-state index < -0.39 is 22.5 Å². The smallest absolute Gasteiger partial charge is 0.264 e. The van der Waals surface area contributed by atoms with E-state index in [-0.39, 0.29) is 22.9 Å². The van der Waals surface area contributed by atoms with Crippen molar-refractivity contribution < 1.29 is 27.1 Å². The van der Waals surface area contributed by atoms with E-state index in [1.54, 1.807) is 42.5 Å². The highest BCUT2D eigenvalue weighted by atomic mass is 32.2. The Hall–Kier alpha value is -3.46. The molecule has 8 nitrogen and oxygen atoms in total. The van der Waals surface area contributed by atoms with Crippen LogP contribution < -0.4 is 19.1 Å². The molecule has 1 N–H and O–H groups in total. The Bertz CT molecular complexity index is 1080. The van der Waals surface area contributed by atoms with E-state index in [2.05, 4.69) is 5.32 Å². The quantitative estimate of drug-likeness (QED) is 0.561. The average Bonchev–Trinajstić information content (AvgIpc) is 3.30. The number of carbonyl (C=O) groups excluding carboxylic acids is 1. The Kier molecular flexibility index (Phi) is 6.63. The lowest BCUT2D eigenvalue weighted by Crippen LogP contribution is -2.40. The number of ether oxygens (including phenoxy) is 2. The van der Waals surface area contributed by atoms with Crippen molar-refractivity contribution in [2.24, 2.45) is 0 Å². The number of sulfonamides is 1. The molecular formula is C21H22N2O6S. The summed E-state index contributed by atoms with van der Waals surface area (Å²) in [5, 5.41) is 2.66. The fourth-order valence-corrected chi connectivity index (χ4v) is 4.25. The second kappa shape index (κ2) is 9.36. The van der Waals surface area contributed by atoms with Crippen molar-refractivity contribution in [3.8, 4) is 11.5 Å². The van der Waals surface area contributed by atoms with Crippen LogP contribution in [0.5, 0.6) is 11.5 Å². The van der Waals surface area contributed by atoms with Gasteiger partial charge in [0.1, 0.15) is 23.8 Å². The van der Waals surface area contributed by atoms with Crippen molar-refractivity contribution in [2.75, 3.05) is 25.1 Å². The van der Waals surface area contributed by atoms with Crippen molar-refractivity contribution in [1.82, 2.24) is 5.32 Å². The van der Waals surface area contributed by atoms with Crippen LogP contribution in [0.25, 0.3) is 0 Å². The fourth-order valence-electron chi connectivity index (χ4n) is 2.80. The molecule has 3 aromatic rings. The van der Waals surface area contributed by atoms with Crippen molar-refractivity contribution in [2.45, 2.75) is 11.4 Å². The Balaban J connectivity index is 1.96. The van der Waals surface area contributed by atoms with Gasteiger partial charge in [-0.1, -0.05) is 18.2 Å². The van der Waals surface area contributed by atoms with E-state index in [0.717, 1.165) is 4.31 Å². The van der Waals surface area contributed by atoms with Gasteiger partial charge >= 0.3 is 0 Å². The first-order valence-electron chi connectivity index (χ1n) is 9.04. The number of nitrogens with one attached hydrogen (secondary N) is 1. The topological polar surface area (TPSA) is 98.1 Å². The highest BCUT2D eigenvalue weighted by Crippen LogP contribution is 2.35. The van der Waals surface area contributed by atoms with E-state index >= 15 is 0 Å². The molecule has 0 aliphatic rings. The molecule has 3 rings (SSSR count). The number of hydrogen-bond donors (Lipinski definition) is 1. The standard InChI is InChI=1S/C21H22N2O6S/c1-27-16-10-11-19(20(13-16)28-2)23(30(25,26)18-8-4-3-5-9-18)15-21(24)22-14-17-7-6-12-29-17/h3-13H,14-15H2,1-2H3,(H,22,24). The average molecular weight is 430 g/mol. The maximum Gasteiger partial charge on any atom is 0.264 e. The van der Waals surface area contributed by atoms with Crippen LogP contribution in [0.15, 0.2) is 76.2 Å². The summed E-state index contributed by atoms with van der Waals surface area (Å²) in [7, 11) is -1.13.